The van der Waals surface area contributed by atoms with Gasteiger partial charge >= 0.3 is 5.97 Å². The Balaban J connectivity index is 1.99. The van der Waals surface area contributed by atoms with Crippen LogP contribution in [0.2, 0.25) is 0 Å². The zero-order valence-electron chi connectivity index (χ0n) is 11.1. The van der Waals surface area contributed by atoms with E-state index in [4.69, 9.17) is 10.8 Å². The van der Waals surface area contributed by atoms with E-state index in [1.54, 1.807) is 11.8 Å². The first-order valence-electron chi connectivity index (χ1n) is 6.26. The number of nitrogens with two attached hydrogens (primary N) is 1. The van der Waals surface area contributed by atoms with Crippen LogP contribution in [0.15, 0.2) is 29.2 Å². The molecule has 1 heterocycles. The summed E-state index contributed by atoms with van der Waals surface area (Å²) in [6, 6.07) is 7.62. The first-order chi connectivity index (χ1) is 8.92. The molecule has 3 N–H and O–H groups in total. The minimum Gasteiger partial charge on any atom is -0.480 e. The fraction of sp³-hybridized carbons (Fsp3) is 0.500. The molecule has 1 aromatic carbocycles. The van der Waals surface area contributed by atoms with Gasteiger partial charge in [-0.2, -0.15) is 11.8 Å². The third-order valence-electron chi connectivity index (χ3n) is 3.47. The Hall–Kier alpha value is -0.650. The number of fused-ring (bicyclic) bond motifs is 1. The zero-order chi connectivity index (χ0) is 14.0. The molecule has 0 saturated carbocycles. The summed E-state index contributed by atoms with van der Waals surface area (Å²) in [5.74, 6) is 1.55. The van der Waals surface area contributed by atoms with E-state index in [1.165, 1.54) is 10.5 Å². The highest BCUT2D eigenvalue weighted by molar-refractivity contribution is 8.01. The van der Waals surface area contributed by atoms with Crippen LogP contribution in [0.5, 0.6) is 0 Å². The second-order valence-electron chi connectivity index (χ2n) is 5.28. The summed E-state index contributed by atoms with van der Waals surface area (Å²) in [7, 11) is 0. The maximum absolute atomic E-state index is 11.0. The molecule has 0 aliphatic carbocycles. The SMILES string of the molecule is CC(C)(SCC1CSc2ccccc21)[C@H](N)C(=O)O. The molecule has 0 aromatic heterocycles. The van der Waals surface area contributed by atoms with Crippen molar-refractivity contribution in [3.63, 3.8) is 0 Å². The van der Waals surface area contributed by atoms with E-state index >= 15 is 0 Å². The van der Waals surface area contributed by atoms with Crippen LogP contribution in [0.1, 0.15) is 25.3 Å². The summed E-state index contributed by atoms with van der Waals surface area (Å²) in [6.07, 6.45) is 0. The Morgan fingerprint density at radius 1 is 1.58 bits per heavy atom. The van der Waals surface area contributed by atoms with Gasteiger partial charge in [0.25, 0.3) is 0 Å². The standard InChI is InChI=1S/C14H19NO2S2/c1-14(2,12(15)13(16)17)19-8-9-7-18-11-6-4-3-5-10(9)11/h3-6,9,12H,7-8,15H2,1-2H3,(H,16,17)/t9?,12-/m1/s1. The van der Waals surface area contributed by atoms with Crippen molar-refractivity contribution in [1.29, 1.82) is 0 Å². The molecular formula is C14H19NO2S2. The highest BCUT2D eigenvalue weighted by Crippen LogP contribution is 2.42. The molecule has 1 aliphatic heterocycles. The van der Waals surface area contributed by atoms with Gasteiger partial charge in [-0.05, 0) is 25.5 Å². The lowest BCUT2D eigenvalue weighted by Gasteiger charge is -2.29. The van der Waals surface area contributed by atoms with Crippen LogP contribution in [0, 0.1) is 0 Å². The van der Waals surface area contributed by atoms with E-state index in [1.807, 2.05) is 25.6 Å². The van der Waals surface area contributed by atoms with Crippen LogP contribution in [0.4, 0.5) is 0 Å². The fourth-order valence-corrected chi connectivity index (χ4v) is 4.68. The summed E-state index contributed by atoms with van der Waals surface area (Å²) in [6.45, 7) is 3.81. The molecule has 5 heteroatoms. The number of hydrogen-bond acceptors (Lipinski definition) is 4. The number of thioether (sulfide) groups is 2. The average molecular weight is 297 g/mol. The van der Waals surface area contributed by atoms with Crippen molar-refractivity contribution in [2.45, 2.75) is 35.4 Å². The van der Waals surface area contributed by atoms with Crippen molar-refractivity contribution in [2.24, 2.45) is 5.73 Å². The van der Waals surface area contributed by atoms with E-state index < -0.39 is 16.8 Å². The number of hydrogen-bond donors (Lipinski definition) is 2. The lowest BCUT2D eigenvalue weighted by atomic mass is 10.0. The third kappa shape index (κ3) is 3.27. The number of benzene rings is 1. The number of rotatable bonds is 5. The van der Waals surface area contributed by atoms with Gasteiger partial charge in [-0.15, -0.1) is 11.8 Å². The molecule has 0 bridgehead atoms. The smallest absolute Gasteiger partial charge is 0.321 e. The van der Waals surface area contributed by atoms with Gasteiger partial charge in [-0.3, -0.25) is 4.79 Å². The number of carbonyl (C=O) groups is 1. The van der Waals surface area contributed by atoms with Crippen LogP contribution in [-0.4, -0.2) is 33.4 Å². The molecule has 0 fully saturated rings. The van der Waals surface area contributed by atoms with Gasteiger partial charge in [0.1, 0.15) is 6.04 Å². The summed E-state index contributed by atoms with van der Waals surface area (Å²) in [5.41, 5.74) is 7.14. The average Bonchev–Trinajstić information content (AvgIpc) is 2.78. The topological polar surface area (TPSA) is 63.3 Å². The molecule has 1 aliphatic rings. The van der Waals surface area contributed by atoms with Crippen molar-refractivity contribution in [3.05, 3.63) is 29.8 Å². The molecule has 1 unspecified atom stereocenters. The first-order valence-corrected chi connectivity index (χ1v) is 8.23. The molecule has 0 saturated heterocycles. The van der Waals surface area contributed by atoms with Crippen LogP contribution < -0.4 is 5.73 Å². The van der Waals surface area contributed by atoms with Gasteiger partial charge in [-0.25, -0.2) is 0 Å². The molecule has 0 radical (unpaired) electrons. The van der Waals surface area contributed by atoms with Gasteiger partial charge in [0.05, 0.1) is 0 Å². The van der Waals surface area contributed by atoms with Crippen LogP contribution in [-0.2, 0) is 4.79 Å². The van der Waals surface area contributed by atoms with Crippen LogP contribution in [0.3, 0.4) is 0 Å². The molecule has 2 atom stereocenters. The Labute approximate surface area is 122 Å². The Morgan fingerprint density at radius 3 is 2.95 bits per heavy atom. The normalized spacial score (nSPS) is 20.1. The van der Waals surface area contributed by atoms with Crippen molar-refractivity contribution in [3.8, 4) is 0 Å². The summed E-state index contributed by atoms with van der Waals surface area (Å²) in [5, 5.41) is 9.02. The van der Waals surface area contributed by atoms with E-state index in [0.717, 1.165) is 11.5 Å². The molecular weight excluding hydrogens is 278 g/mol. The third-order valence-corrected chi connectivity index (χ3v) is 6.29. The lowest BCUT2D eigenvalue weighted by molar-refractivity contribution is -0.139. The maximum atomic E-state index is 11.0. The maximum Gasteiger partial charge on any atom is 0.321 e. The predicted octanol–water partition coefficient (Wildman–Crippen LogP) is 2.80. The second kappa shape index (κ2) is 5.77. The van der Waals surface area contributed by atoms with Gasteiger partial charge < -0.3 is 10.8 Å². The van der Waals surface area contributed by atoms with E-state index in [0.29, 0.717) is 5.92 Å². The van der Waals surface area contributed by atoms with Crippen molar-refractivity contribution in [1.82, 2.24) is 0 Å². The Kier molecular flexibility index (Phi) is 4.48. The fourth-order valence-electron chi connectivity index (χ4n) is 2.07. The molecule has 0 amide bonds. The van der Waals surface area contributed by atoms with E-state index in [2.05, 4.69) is 24.3 Å². The highest BCUT2D eigenvalue weighted by Gasteiger charge is 2.34. The molecule has 19 heavy (non-hydrogen) atoms. The van der Waals surface area contributed by atoms with Crippen LogP contribution >= 0.6 is 23.5 Å². The minimum atomic E-state index is -0.932. The summed E-state index contributed by atoms with van der Waals surface area (Å²) < 4.78 is -0.450. The van der Waals surface area contributed by atoms with Gasteiger partial charge in [0.15, 0.2) is 0 Å². The summed E-state index contributed by atoms with van der Waals surface area (Å²) >= 11 is 3.54. The Morgan fingerprint density at radius 2 is 2.26 bits per heavy atom. The quantitative estimate of drug-likeness (QED) is 0.875. The predicted molar refractivity (Wildman–Crippen MR) is 82.1 cm³/mol. The highest BCUT2D eigenvalue weighted by atomic mass is 32.2. The van der Waals surface area contributed by atoms with E-state index in [9.17, 15) is 4.79 Å². The van der Waals surface area contributed by atoms with Gasteiger partial charge in [0.2, 0.25) is 0 Å². The van der Waals surface area contributed by atoms with Crippen LogP contribution in [0.25, 0.3) is 0 Å². The number of aliphatic carboxylic acids is 1. The zero-order valence-corrected chi connectivity index (χ0v) is 12.8. The first kappa shape index (κ1) is 14.8. The largest absolute Gasteiger partial charge is 0.480 e. The van der Waals surface area contributed by atoms with Crippen molar-refractivity contribution in [2.75, 3.05) is 11.5 Å². The molecule has 2 rings (SSSR count). The molecule has 0 spiro atoms. The molecule has 1 aromatic rings. The van der Waals surface area contributed by atoms with Gasteiger partial charge in [0, 0.05) is 27.1 Å². The van der Waals surface area contributed by atoms with Crippen molar-refractivity contribution >= 4 is 29.5 Å². The minimum absolute atomic E-state index is 0.450. The number of carboxylic acid groups (broad SMARTS) is 1. The summed E-state index contributed by atoms with van der Waals surface area (Å²) in [4.78, 5) is 12.4. The molecule has 3 nitrogen and oxygen atoms in total. The number of carboxylic acids is 1. The van der Waals surface area contributed by atoms with Crippen molar-refractivity contribution < 1.29 is 9.90 Å². The Bertz CT molecular complexity index is 476. The van der Waals surface area contributed by atoms with E-state index in [-0.39, 0.29) is 0 Å². The lowest BCUT2D eigenvalue weighted by Crippen LogP contribution is -2.47. The molecule has 104 valence electrons. The second-order valence-corrected chi connectivity index (χ2v) is 8.01. The monoisotopic (exact) mass is 297 g/mol. The van der Waals surface area contributed by atoms with Gasteiger partial charge in [-0.1, -0.05) is 18.2 Å².